The van der Waals surface area contributed by atoms with Crippen LogP contribution in [0.5, 0.6) is 5.75 Å². The van der Waals surface area contributed by atoms with E-state index in [2.05, 4.69) is 4.98 Å². The first kappa shape index (κ1) is 22.4. The summed E-state index contributed by atoms with van der Waals surface area (Å²) in [5, 5.41) is 3.42. The summed E-state index contributed by atoms with van der Waals surface area (Å²) in [4.78, 5) is 29.9. The number of esters is 1. The van der Waals surface area contributed by atoms with Crippen LogP contribution in [0, 0.1) is 0 Å². The van der Waals surface area contributed by atoms with Crippen LogP contribution in [-0.4, -0.2) is 23.5 Å². The molecular formula is C20H15Cl3N2O4S. The highest BCUT2D eigenvalue weighted by Crippen LogP contribution is 2.31. The number of nitrogens with zero attached hydrogens (tertiary/aromatic N) is 2. The van der Waals surface area contributed by atoms with E-state index >= 15 is 0 Å². The summed E-state index contributed by atoms with van der Waals surface area (Å²) in [6.45, 7) is 1.05. The molecule has 3 aromatic rings. The average molecular weight is 486 g/mol. The summed E-state index contributed by atoms with van der Waals surface area (Å²) in [5.41, 5.74) is 1.10. The molecule has 2 aromatic carbocycles. The predicted octanol–water partition coefficient (Wildman–Crippen LogP) is 5.91. The zero-order valence-corrected chi connectivity index (χ0v) is 18.7. The summed E-state index contributed by atoms with van der Waals surface area (Å²) in [5.74, 6) is -0.482. The number of halogens is 3. The molecule has 0 unspecified atom stereocenters. The van der Waals surface area contributed by atoms with Gasteiger partial charge < -0.3 is 9.47 Å². The third kappa shape index (κ3) is 5.86. The van der Waals surface area contributed by atoms with E-state index in [0.717, 1.165) is 0 Å². The van der Waals surface area contributed by atoms with Gasteiger partial charge in [-0.25, -0.2) is 9.78 Å². The van der Waals surface area contributed by atoms with Crippen LogP contribution in [0.25, 0.3) is 0 Å². The molecule has 0 aliphatic rings. The van der Waals surface area contributed by atoms with Crippen molar-refractivity contribution in [3.8, 4) is 5.75 Å². The molecule has 0 atom stereocenters. The Bertz CT molecular complexity index is 1070. The molecule has 0 radical (unpaired) electrons. The van der Waals surface area contributed by atoms with Crippen LogP contribution in [0.15, 0.2) is 47.8 Å². The van der Waals surface area contributed by atoms with E-state index in [4.69, 9.17) is 44.3 Å². The van der Waals surface area contributed by atoms with Crippen molar-refractivity contribution in [2.75, 3.05) is 11.5 Å². The molecule has 3 rings (SSSR count). The molecule has 0 fully saturated rings. The van der Waals surface area contributed by atoms with Gasteiger partial charge in [-0.3, -0.25) is 9.69 Å². The van der Waals surface area contributed by atoms with Gasteiger partial charge in [-0.2, -0.15) is 0 Å². The van der Waals surface area contributed by atoms with Gasteiger partial charge >= 0.3 is 5.97 Å². The minimum atomic E-state index is -0.589. The normalized spacial score (nSPS) is 10.5. The monoisotopic (exact) mass is 484 g/mol. The van der Waals surface area contributed by atoms with Gasteiger partial charge in [0, 0.05) is 22.3 Å². The van der Waals surface area contributed by atoms with Gasteiger partial charge in [-0.15, -0.1) is 11.3 Å². The molecule has 0 bridgehead atoms. The molecular weight excluding hydrogens is 471 g/mol. The second-order valence-electron chi connectivity index (χ2n) is 5.98. The van der Waals surface area contributed by atoms with Crippen molar-refractivity contribution in [1.29, 1.82) is 0 Å². The fraction of sp³-hybridized carbons (Fsp3) is 0.150. The highest BCUT2D eigenvalue weighted by atomic mass is 35.5. The maximum absolute atomic E-state index is 12.1. The van der Waals surface area contributed by atoms with E-state index in [1.165, 1.54) is 29.2 Å². The Morgan fingerprint density at radius 3 is 2.57 bits per heavy atom. The Kier molecular flexibility index (Phi) is 7.55. The minimum Gasteiger partial charge on any atom is -0.480 e. The van der Waals surface area contributed by atoms with Crippen LogP contribution in [0.1, 0.15) is 12.6 Å². The minimum absolute atomic E-state index is 0.0612. The topological polar surface area (TPSA) is 68.7 Å². The third-order valence-electron chi connectivity index (χ3n) is 3.73. The van der Waals surface area contributed by atoms with Crippen molar-refractivity contribution in [1.82, 2.24) is 4.98 Å². The van der Waals surface area contributed by atoms with Gasteiger partial charge in [0.1, 0.15) is 12.4 Å². The number of thiazole rings is 1. The Hall–Kier alpha value is -2.32. The third-order valence-corrected chi connectivity index (χ3v) is 5.37. The number of benzene rings is 2. The first-order valence-electron chi connectivity index (χ1n) is 8.57. The predicted molar refractivity (Wildman–Crippen MR) is 118 cm³/mol. The molecule has 10 heteroatoms. The lowest BCUT2D eigenvalue weighted by Gasteiger charge is -2.18. The molecule has 6 nitrogen and oxygen atoms in total. The summed E-state index contributed by atoms with van der Waals surface area (Å²) in [7, 11) is 0. The van der Waals surface area contributed by atoms with E-state index < -0.39 is 5.97 Å². The molecule has 1 aromatic heterocycles. The second-order valence-corrected chi connectivity index (χ2v) is 8.10. The number of aromatic nitrogens is 1. The van der Waals surface area contributed by atoms with Crippen molar-refractivity contribution in [3.63, 3.8) is 0 Å². The average Bonchev–Trinajstić information content (AvgIpc) is 3.14. The van der Waals surface area contributed by atoms with Crippen LogP contribution in [0.4, 0.5) is 10.8 Å². The summed E-state index contributed by atoms with van der Waals surface area (Å²) >= 11 is 19.1. The number of rotatable bonds is 7. The van der Waals surface area contributed by atoms with Gasteiger partial charge in [-0.1, -0.05) is 40.9 Å². The summed E-state index contributed by atoms with van der Waals surface area (Å²) in [6, 6.07) is 11.6. The van der Waals surface area contributed by atoms with Gasteiger partial charge in [0.25, 0.3) is 0 Å². The van der Waals surface area contributed by atoms with Gasteiger partial charge in [-0.05, 0) is 36.4 Å². The first-order chi connectivity index (χ1) is 14.3. The quantitative estimate of drug-likeness (QED) is 0.389. The zero-order valence-electron chi connectivity index (χ0n) is 15.6. The van der Waals surface area contributed by atoms with Crippen LogP contribution in [0.2, 0.25) is 15.1 Å². The standard InChI is InChI=1S/C20H15Cl3N2O4S/c1-12(26)25(16-4-2-3-13(21)7-16)20-24-15(11-30-20)9-29-19(27)10-28-18-6-5-14(22)8-17(18)23/h2-8,11H,9-10H2,1H3. The van der Waals surface area contributed by atoms with Crippen LogP contribution < -0.4 is 9.64 Å². The first-order valence-corrected chi connectivity index (χ1v) is 10.6. The summed E-state index contributed by atoms with van der Waals surface area (Å²) < 4.78 is 10.5. The SMILES string of the molecule is CC(=O)N(c1cccc(Cl)c1)c1nc(COC(=O)COc2ccc(Cl)cc2Cl)cs1. The summed E-state index contributed by atoms with van der Waals surface area (Å²) in [6.07, 6.45) is 0. The smallest absolute Gasteiger partial charge is 0.344 e. The fourth-order valence-electron chi connectivity index (χ4n) is 2.43. The largest absolute Gasteiger partial charge is 0.480 e. The lowest BCUT2D eigenvalue weighted by molar-refractivity contribution is -0.147. The Morgan fingerprint density at radius 2 is 1.87 bits per heavy atom. The fourth-order valence-corrected chi connectivity index (χ4v) is 3.95. The number of amides is 1. The zero-order chi connectivity index (χ0) is 21.7. The van der Waals surface area contributed by atoms with Gasteiger partial charge in [0.05, 0.1) is 16.4 Å². The van der Waals surface area contributed by atoms with Crippen molar-refractivity contribution >= 4 is 68.8 Å². The second kappa shape index (κ2) is 10.1. The number of carbonyl (C=O) groups excluding carboxylic acids is 2. The highest BCUT2D eigenvalue weighted by Gasteiger charge is 2.19. The molecule has 1 heterocycles. The maximum atomic E-state index is 12.1. The van der Waals surface area contributed by atoms with E-state index in [1.807, 2.05) is 0 Å². The van der Waals surface area contributed by atoms with Crippen molar-refractivity contribution in [2.24, 2.45) is 0 Å². The van der Waals surface area contributed by atoms with Crippen molar-refractivity contribution in [3.05, 3.63) is 68.6 Å². The number of hydrogen-bond acceptors (Lipinski definition) is 6. The van der Waals surface area contributed by atoms with Gasteiger partial charge in [0.15, 0.2) is 11.7 Å². The number of ether oxygens (including phenoxy) is 2. The molecule has 0 saturated carbocycles. The lowest BCUT2D eigenvalue weighted by atomic mass is 10.3. The molecule has 1 amide bonds. The molecule has 0 spiro atoms. The molecule has 0 aliphatic heterocycles. The highest BCUT2D eigenvalue weighted by molar-refractivity contribution is 7.14. The van der Waals surface area contributed by atoms with Gasteiger partial charge in [0.2, 0.25) is 5.91 Å². The van der Waals surface area contributed by atoms with Crippen LogP contribution >= 0.6 is 46.1 Å². The van der Waals surface area contributed by atoms with E-state index in [0.29, 0.717) is 37.3 Å². The van der Waals surface area contributed by atoms with E-state index in [1.54, 1.807) is 41.8 Å². The molecule has 0 saturated heterocycles. The van der Waals surface area contributed by atoms with E-state index in [-0.39, 0.29) is 19.1 Å². The van der Waals surface area contributed by atoms with Crippen LogP contribution in [-0.2, 0) is 20.9 Å². The molecule has 156 valence electrons. The Balaban J connectivity index is 1.59. The number of hydrogen-bond donors (Lipinski definition) is 0. The Labute approximate surface area is 191 Å². The molecule has 30 heavy (non-hydrogen) atoms. The van der Waals surface area contributed by atoms with Crippen molar-refractivity contribution < 1.29 is 19.1 Å². The number of carbonyl (C=O) groups is 2. The maximum Gasteiger partial charge on any atom is 0.344 e. The molecule has 0 N–H and O–H groups in total. The van der Waals surface area contributed by atoms with E-state index in [9.17, 15) is 9.59 Å². The lowest BCUT2D eigenvalue weighted by Crippen LogP contribution is -2.22. The Morgan fingerprint density at radius 1 is 1.10 bits per heavy atom. The molecule has 0 aliphatic carbocycles. The van der Waals surface area contributed by atoms with Crippen molar-refractivity contribution in [2.45, 2.75) is 13.5 Å². The van der Waals surface area contributed by atoms with Crippen LogP contribution in [0.3, 0.4) is 0 Å². The number of anilines is 2.